The highest BCUT2D eigenvalue weighted by atomic mass is 32.1. The van der Waals surface area contributed by atoms with Crippen LogP contribution < -0.4 is 10.6 Å². The van der Waals surface area contributed by atoms with Crippen LogP contribution in [0.15, 0.2) is 66.2 Å². The summed E-state index contributed by atoms with van der Waals surface area (Å²) in [4.78, 5) is 42.4. The average Bonchev–Trinajstić information content (AvgIpc) is 3.52. The number of hydrogen-bond acceptors (Lipinski definition) is 4. The molecule has 160 valence electrons. The van der Waals surface area contributed by atoms with Crippen LogP contribution in [0.5, 0.6) is 0 Å². The van der Waals surface area contributed by atoms with Gasteiger partial charge in [-0.25, -0.2) is 4.79 Å². The Hall–Kier alpha value is -3.91. The fraction of sp³-hybridized carbons (Fsp3) is 0.125. The quantitative estimate of drug-likeness (QED) is 0.398. The third-order valence-corrected chi connectivity index (χ3v) is 6.68. The van der Waals surface area contributed by atoms with Gasteiger partial charge in [-0.3, -0.25) is 14.5 Å². The number of aromatic amines is 1. The summed E-state index contributed by atoms with van der Waals surface area (Å²) >= 11 is 1.65. The molecular formula is C24H20N4O3S. The first-order valence-corrected chi connectivity index (χ1v) is 11.0. The molecule has 0 saturated heterocycles. The van der Waals surface area contributed by atoms with E-state index in [1.807, 2.05) is 35.8 Å². The van der Waals surface area contributed by atoms with Gasteiger partial charge in [0.05, 0.1) is 11.1 Å². The van der Waals surface area contributed by atoms with E-state index >= 15 is 0 Å². The smallest absolute Gasteiger partial charge is 0.319 e. The Labute approximate surface area is 188 Å². The first-order valence-electron chi connectivity index (χ1n) is 10.1. The molecule has 0 aliphatic carbocycles. The van der Waals surface area contributed by atoms with Gasteiger partial charge in [-0.1, -0.05) is 24.3 Å². The van der Waals surface area contributed by atoms with Crippen LogP contribution in [0.25, 0.3) is 10.9 Å². The zero-order valence-corrected chi connectivity index (χ0v) is 18.0. The summed E-state index contributed by atoms with van der Waals surface area (Å²) < 4.78 is 0. The summed E-state index contributed by atoms with van der Waals surface area (Å²) in [6, 6.07) is 16.5. The van der Waals surface area contributed by atoms with Gasteiger partial charge in [0.25, 0.3) is 11.8 Å². The molecule has 0 spiro atoms. The summed E-state index contributed by atoms with van der Waals surface area (Å²) in [5.74, 6) is -0.713. The van der Waals surface area contributed by atoms with E-state index in [9.17, 15) is 14.4 Å². The predicted molar refractivity (Wildman–Crippen MR) is 124 cm³/mol. The fourth-order valence-corrected chi connectivity index (χ4v) is 4.89. The van der Waals surface area contributed by atoms with Gasteiger partial charge in [-0.2, -0.15) is 0 Å². The number of H-pyrrole nitrogens is 1. The Balaban J connectivity index is 1.33. The number of amides is 4. The summed E-state index contributed by atoms with van der Waals surface area (Å²) in [7, 11) is 1.44. The molecule has 32 heavy (non-hydrogen) atoms. The van der Waals surface area contributed by atoms with E-state index in [0.29, 0.717) is 23.4 Å². The number of nitrogens with zero attached hydrogens (tertiary/aromatic N) is 1. The molecule has 1 aliphatic rings. The van der Waals surface area contributed by atoms with E-state index in [0.717, 1.165) is 26.2 Å². The van der Waals surface area contributed by atoms with Crippen molar-refractivity contribution in [1.82, 2.24) is 15.2 Å². The first-order chi connectivity index (χ1) is 15.5. The number of carbonyl (C=O) groups excluding carboxylic acids is 3. The molecule has 8 heteroatoms. The second kappa shape index (κ2) is 7.97. The number of aromatic nitrogens is 1. The molecule has 2 aromatic heterocycles. The number of anilines is 1. The Kier molecular flexibility index (Phi) is 4.99. The molecule has 5 rings (SSSR count). The number of rotatable bonds is 5. The van der Waals surface area contributed by atoms with Crippen LogP contribution >= 0.6 is 11.3 Å². The number of fused-ring (bicyclic) bond motifs is 2. The Morgan fingerprint density at radius 3 is 2.69 bits per heavy atom. The lowest BCUT2D eigenvalue weighted by Gasteiger charge is -2.17. The number of para-hydroxylation sites is 1. The Morgan fingerprint density at radius 1 is 1.06 bits per heavy atom. The molecule has 7 nitrogen and oxygen atoms in total. The summed E-state index contributed by atoms with van der Waals surface area (Å²) in [5, 5.41) is 8.87. The van der Waals surface area contributed by atoms with Crippen molar-refractivity contribution in [2.45, 2.75) is 5.92 Å². The number of carbonyl (C=O) groups is 3. The minimum absolute atomic E-state index is 0.00947. The molecule has 0 bridgehead atoms. The highest BCUT2D eigenvalue weighted by molar-refractivity contribution is 7.10. The van der Waals surface area contributed by atoms with Crippen molar-refractivity contribution in [2.24, 2.45) is 0 Å². The number of nitrogens with one attached hydrogen (secondary N) is 3. The second-order valence-corrected chi connectivity index (χ2v) is 8.60. The van der Waals surface area contributed by atoms with Gasteiger partial charge < -0.3 is 15.6 Å². The van der Waals surface area contributed by atoms with Gasteiger partial charge in [0.1, 0.15) is 0 Å². The topological polar surface area (TPSA) is 94.3 Å². The zero-order chi connectivity index (χ0) is 22.2. The van der Waals surface area contributed by atoms with Crippen molar-refractivity contribution in [2.75, 3.05) is 18.9 Å². The lowest BCUT2D eigenvalue weighted by Crippen LogP contribution is -2.32. The van der Waals surface area contributed by atoms with Gasteiger partial charge in [-0.05, 0) is 41.3 Å². The monoisotopic (exact) mass is 444 g/mol. The maximum Gasteiger partial charge on any atom is 0.319 e. The Bertz CT molecular complexity index is 1340. The third-order valence-electron chi connectivity index (χ3n) is 5.70. The second-order valence-electron chi connectivity index (χ2n) is 7.62. The highest BCUT2D eigenvalue weighted by Gasteiger charge is 2.32. The molecule has 0 radical (unpaired) electrons. The molecule has 3 N–H and O–H groups in total. The fourth-order valence-electron chi connectivity index (χ4n) is 4.04. The molecule has 3 heterocycles. The van der Waals surface area contributed by atoms with Crippen LogP contribution in [0.4, 0.5) is 10.5 Å². The molecule has 4 aromatic rings. The van der Waals surface area contributed by atoms with Crippen molar-refractivity contribution in [3.63, 3.8) is 0 Å². The van der Waals surface area contributed by atoms with E-state index in [2.05, 4.69) is 27.8 Å². The van der Waals surface area contributed by atoms with Crippen molar-refractivity contribution in [1.29, 1.82) is 0 Å². The average molecular weight is 445 g/mol. The van der Waals surface area contributed by atoms with Crippen LogP contribution in [0, 0.1) is 0 Å². The van der Waals surface area contributed by atoms with Crippen molar-refractivity contribution >= 4 is 45.8 Å². The molecule has 1 atom stereocenters. The van der Waals surface area contributed by atoms with Crippen molar-refractivity contribution < 1.29 is 14.4 Å². The molecule has 1 unspecified atom stereocenters. The van der Waals surface area contributed by atoms with E-state index in [1.165, 1.54) is 13.1 Å². The lowest BCUT2D eigenvalue weighted by molar-refractivity contribution is 0.0693. The van der Waals surface area contributed by atoms with E-state index in [-0.39, 0.29) is 23.8 Å². The zero-order valence-electron chi connectivity index (χ0n) is 17.2. The maximum atomic E-state index is 12.6. The van der Waals surface area contributed by atoms with E-state index in [1.54, 1.807) is 23.5 Å². The van der Waals surface area contributed by atoms with Crippen LogP contribution in [0.2, 0.25) is 0 Å². The number of benzene rings is 2. The number of hydrogen-bond donors (Lipinski definition) is 3. The minimum atomic E-state index is -0.378. The molecule has 0 saturated carbocycles. The minimum Gasteiger partial charge on any atom is -0.361 e. The number of imide groups is 1. The predicted octanol–water partition coefficient (Wildman–Crippen LogP) is 4.41. The third kappa shape index (κ3) is 3.44. The summed E-state index contributed by atoms with van der Waals surface area (Å²) in [6.07, 6.45) is 1.99. The van der Waals surface area contributed by atoms with Gasteiger partial charge in [0.15, 0.2) is 0 Å². The van der Waals surface area contributed by atoms with Gasteiger partial charge >= 0.3 is 6.03 Å². The summed E-state index contributed by atoms with van der Waals surface area (Å²) in [6.45, 7) is 0.402. The van der Waals surface area contributed by atoms with Crippen LogP contribution in [0.1, 0.15) is 37.1 Å². The normalized spacial score (nSPS) is 14.0. The van der Waals surface area contributed by atoms with Gasteiger partial charge in [0.2, 0.25) is 0 Å². The molecular weight excluding hydrogens is 424 g/mol. The van der Waals surface area contributed by atoms with E-state index in [4.69, 9.17) is 0 Å². The van der Waals surface area contributed by atoms with Crippen molar-refractivity contribution in [3.05, 3.63) is 87.7 Å². The van der Waals surface area contributed by atoms with Crippen LogP contribution in [-0.4, -0.2) is 41.3 Å². The van der Waals surface area contributed by atoms with Gasteiger partial charge in [0, 0.05) is 47.2 Å². The van der Waals surface area contributed by atoms with Gasteiger partial charge in [-0.15, -0.1) is 11.3 Å². The highest BCUT2D eigenvalue weighted by Crippen LogP contribution is 2.33. The molecule has 4 amide bonds. The van der Waals surface area contributed by atoms with E-state index < -0.39 is 0 Å². The molecule has 0 fully saturated rings. The summed E-state index contributed by atoms with van der Waals surface area (Å²) in [5.41, 5.74) is 3.27. The molecule has 2 aromatic carbocycles. The SMILES string of the molecule is CN1C(=O)c2ccc(NC(=O)NCC(c3cccs3)c3c[nH]c4ccccc34)cc2C1=O. The Morgan fingerprint density at radius 2 is 1.88 bits per heavy atom. The van der Waals surface area contributed by atoms with Crippen LogP contribution in [0.3, 0.4) is 0 Å². The molecule has 1 aliphatic heterocycles. The standard InChI is InChI=1S/C24H20N4O3S/c1-28-22(29)16-9-8-14(11-17(16)23(28)30)27-24(31)26-13-19(21-7-4-10-32-21)18-12-25-20-6-3-2-5-15(18)20/h2-12,19,25H,13H2,1H3,(H2,26,27,31). The first kappa shape index (κ1) is 20.0. The lowest BCUT2D eigenvalue weighted by atomic mass is 9.97. The van der Waals surface area contributed by atoms with Crippen LogP contribution in [-0.2, 0) is 0 Å². The number of urea groups is 1. The number of thiophene rings is 1. The largest absolute Gasteiger partial charge is 0.361 e. The van der Waals surface area contributed by atoms with Crippen molar-refractivity contribution in [3.8, 4) is 0 Å². The maximum absolute atomic E-state index is 12.6.